The number of halogens is 3. The largest absolute Gasteiger partial charge is 0.495 e. The molecule has 10 nitrogen and oxygen atoms in total. The van der Waals surface area contributed by atoms with E-state index in [9.17, 15) is 32.3 Å². The molecule has 0 aliphatic carbocycles. The maximum Gasteiger partial charge on any atom is 0.495 e. The Labute approximate surface area is 233 Å². The molecule has 4 N–H and O–H groups in total. The molecule has 0 radical (unpaired) electrons. The molecule has 14 heteroatoms. The van der Waals surface area contributed by atoms with Crippen LogP contribution < -0.4 is 21.3 Å². The minimum absolute atomic E-state index is 0.169. The van der Waals surface area contributed by atoms with Crippen molar-refractivity contribution in [2.24, 2.45) is 0 Å². The van der Waals surface area contributed by atoms with Gasteiger partial charge in [-0.2, -0.15) is 13.2 Å². The first-order valence-corrected chi connectivity index (χ1v) is 12.6. The Morgan fingerprint density at radius 3 is 2.15 bits per heavy atom. The second kappa shape index (κ2) is 16.0. The summed E-state index contributed by atoms with van der Waals surface area (Å²) in [4.78, 5) is 55.1. The van der Waals surface area contributed by atoms with Crippen LogP contribution in [0.1, 0.15) is 37.3 Å². The number of alkyl halides is 3. The molecule has 2 amide bonds. The fraction of sp³-hybridized carbons (Fsp3) is 0.346. The van der Waals surface area contributed by atoms with Crippen LogP contribution in [0.4, 0.5) is 13.2 Å². The van der Waals surface area contributed by atoms with Crippen molar-refractivity contribution in [2.75, 3.05) is 20.1 Å². The highest BCUT2D eigenvalue weighted by atomic mass is 32.1. The van der Waals surface area contributed by atoms with Crippen LogP contribution in [0.2, 0.25) is 0 Å². The quantitative estimate of drug-likeness (QED) is 0.129. The van der Waals surface area contributed by atoms with E-state index in [4.69, 9.17) is 12.2 Å². The van der Waals surface area contributed by atoms with E-state index in [1.807, 2.05) is 30.3 Å². The van der Waals surface area contributed by atoms with Crippen LogP contribution in [-0.2, 0) is 29.0 Å². The number of benzene rings is 2. The minimum Gasteiger partial charge on any atom is -0.366 e. The molecule has 0 spiro atoms. The van der Waals surface area contributed by atoms with Crippen molar-refractivity contribution < 1.29 is 42.1 Å². The number of thiocarbonyl (C=S) groups is 1. The number of carbonyl (C=O) groups is 4. The van der Waals surface area contributed by atoms with Crippen LogP contribution in [0.25, 0.3) is 11.1 Å². The lowest BCUT2D eigenvalue weighted by atomic mass is 9.99. The zero-order valence-corrected chi connectivity index (χ0v) is 22.3. The van der Waals surface area contributed by atoms with Crippen LogP contribution in [0.5, 0.6) is 0 Å². The Morgan fingerprint density at radius 2 is 1.52 bits per heavy atom. The smallest absolute Gasteiger partial charge is 0.366 e. The standard InChI is InChI=1S/C26H29F3N4O6S/c1-30-25(40)31-14-6-5-9-21(34)32-16-22(35)33-20(15-23(36)38-39-24(37)26(27,28)29)19-12-10-18(11-13-19)17-7-3-2-4-8-17/h2-4,7-8,10-13,20H,5-6,9,14-16H2,1H3,(H,32,34)(H,33,35)(H2,30,31,40). The number of unbranched alkanes of at least 4 members (excludes halogenated alkanes) is 1. The molecular weight excluding hydrogens is 553 g/mol. The van der Waals surface area contributed by atoms with Gasteiger partial charge in [0.05, 0.1) is 19.0 Å². The van der Waals surface area contributed by atoms with Crippen LogP contribution in [0.15, 0.2) is 54.6 Å². The Kier molecular flexibility index (Phi) is 12.8. The fourth-order valence-electron chi connectivity index (χ4n) is 3.34. The zero-order chi connectivity index (χ0) is 29.5. The SMILES string of the molecule is CNC(=S)NCCCCC(=O)NCC(=O)NC(CC(=O)OOC(=O)C(F)(F)F)c1ccc(-c2ccccc2)cc1. The van der Waals surface area contributed by atoms with Gasteiger partial charge < -0.3 is 21.3 Å². The van der Waals surface area contributed by atoms with Gasteiger partial charge in [0.15, 0.2) is 5.11 Å². The maximum atomic E-state index is 12.5. The molecule has 2 aromatic rings. The Hall–Kier alpha value is -4.20. The molecule has 0 bridgehead atoms. The predicted molar refractivity (Wildman–Crippen MR) is 142 cm³/mol. The molecule has 0 fully saturated rings. The monoisotopic (exact) mass is 582 g/mol. The normalized spacial score (nSPS) is 11.5. The van der Waals surface area contributed by atoms with Crippen LogP contribution in [-0.4, -0.2) is 55.2 Å². The third-order valence-corrected chi connectivity index (χ3v) is 5.71. The van der Waals surface area contributed by atoms with E-state index in [0.717, 1.165) is 11.1 Å². The average Bonchev–Trinajstić information content (AvgIpc) is 2.94. The average molecular weight is 583 g/mol. The summed E-state index contributed by atoms with van der Waals surface area (Å²) in [6.07, 6.45) is -4.62. The summed E-state index contributed by atoms with van der Waals surface area (Å²) in [6.45, 7) is 0.171. The van der Waals surface area contributed by atoms with Crippen molar-refractivity contribution in [3.05, 3.63) is 60.2 Å². The summed E-state index contributed by atoms with van der Waals surface area (Å²) in [7, 11) is 1.68. The molecule has 40 heavy (non-hydrogen) atoms. The van der Waals surface area contributed by atoms with Crippen molar-refractivity contribution >= 4 is 41.1 Å². The maximum absolute atomic E-state index is 12.5. The highest BCUT2D eigenvalue weighted by molar-refractivity contribution is 7.80. The first-order valence-electron chi connectivity index (χ1n) is 12.1. The van der Waals surface area contributed by atoms with Gasteiger partial charge in [0.1, 0.15) is 0 Å². The van der Waals surface area contributed by atoms with E-state index in [1.165, 1.54) is 0 Å². The van der Waals surface area contributed by atoms with Gasteiger partial charge in [0.25, 0.3) is 0 Å². The molecule has 0 aromatic heterocycles. The van der Waals surface area contributed by atoms with E-state index < -0.39 is 43.0 Å². The van der Waals surface area contributed by atoms with E-state index in [2.05, 4.69) is 31.0 Å². The molecule has 2 rings (SSSR count). The number of rotatable bonds is 12. The molecule has 2 aromatic carbocycles. The van der Waals surface area contributed by atoms with Crippen molar-refractivity contribution in [1.82, 2.24) is 21.3 Å². The summed E-state index contributed by atoms with van der Waals surface area (Å²) < 4.78 is 37.0. The molecule has 0 saturated heterocycles. The minimum atomic E-state index is -5.35. The number of nitrogens with one attached hydrogen (secondary N) is 4. The number of hydrogen-bond acceptors (Lipinski definition) is 7. The highest BCUT2D eigenvalue weighted by Gasteiger charge is 2.43. The second-order valence-corrected chi connectivity index (χ2v) is 8.78. The highest BCUT2D eigenvalue weighted by Crippen LogP contribution is 2.24. The molecule has 0 heterocycles. The summed E-state index contributed by atoms with van der Waals surface area (Å²) in [5.41, 5.74) is 2.17. The summed E-state index contributed by atoms with van der Waals surface area (Å²) >= 11 is 4.95. The van der Waals surface area contributed by atoms with Crippen LogP contribution >= 0.6 is 12.2 Å². The molecule has 0 saturated carbocycles. The number of carbonyl (C=O) groups excluding carboxylic acids is 4. The topological polar surface area (TPSA) is 135 Å². The van der Waals surface area contributed by atoms with Crippen molar-refractivity contribution in [3.63, 3.8) is 0 Å². The van der Waals surface area contributed by atoms with Gasteiger partial charge in [0.2, 0.25) is 11.8 Å². The van der Waals surface area contributed by atoms with Crippen molar-refractivity contribution in [2.45, 2.75) is 37.9 Å². The van der Waals surface area contributed by atoms with Crippen LogP contribution in [0.3, 0.4) is 0 Å². The predicted octanol–water partition coefficient (Wildman–Crippen LogP) is 2.85. The Bertz CT molecular complexity index is 1160. The zero-order valence-electron chi connectivity index (χ0n) is 21.5. The molecule has 1 unspecified atom stereocenters. The molecule has 1 atom stereocenters. The lowest BCUT2D eigenvalue weighted by molar-refractivity contribution is -0.286. The molecule has 216 valence electrons. The molecule has 0 aliphatic rings. The van der Waals surface area contributed by atoms with Gasteiger partial charge in [-0.15, -0.1) is 0 Å². The second-order valence-electron chi connectivity index (χ2n) is 8.38. The summed E-state index contributed by atoms with van der Waals surface area (Å²) in [5, 5.41) is 11.2. The van der Waals surface area contributed by atoms with Crippen molar-refractivity contribution in [3.8, 4) is 11.1 Å². The summed E-state index contributed by atoms with van der Waals surface area (Å²) in [6, 6.07) is 15.0. The number of amides is 2. The number of hydrogen-bond donors (Lipinski definition) is 4. The lowest BCUT2D eigenvalue weighted by Gasteiger charge is -2.19. The van der Waals surface area contributed by atoms with Gasteiger partial charge >= 0.3 is 18.1 Å². The lowest BCUT2D eigenvalue weighted by Crippen LogP contribution is -2.39. The van der Waals surface area contributed by atoms with E-state index >= 15 is 0 Å². The van der Waals surface area contributed by atoms with Gasteiger partial charge in [-0.05, 0) is 41.7 Å². The van der Waals surface area contributed by atoms with Gasteiger partial charge in [0, 0.05) is 20.0 Å². The van der Waals surface area contributed by atoms with Crippen LogP contribution in [0, 0.1) is 0 Å². The van der Waals surface area contributed by atoms with E-state index in [0.29, 0.717) is 30.1 Å². The first-order chi connectivity index (χ1) is 19.0. The summed E-state index contributed by atoms with van der Waals surface area (Å²) in [5.74, 6) is -5.05. The van der Waals surface area contributed by atoms with Crippen molar-refractivity contribution in [1.29, 1.82) is 0 Å². The third-order valence-electron chi connectivity index (χ3n) is 5.36. The fourth-order valence-corrected chi connectivity index (χ4v) is 3.44. The first kappa shape index (κ1) is 32.0. The van der Waals surface area contributed by atoms with E-state index in [1.54, 1.807) is 31.3 Å². The Morgan fingerprint density at radius 1 is 0.875 bits per heavy atom. The van der Waals surface area contributed by atoms with Gasteiger partial charge in [-0.25, -0.2) is 19.4 Å². The van der Waals surface area contributed by atoms with Gasteiger partial charge in [-0.1, -0.05) is 54.6 Å². The molecule has 0 aliphatic heterocycles. The van der Waals surface area contributed by atoms with E-state index in [-0.39, 0.29) is 12.3 Å². The Balaban J connectivity index is 1.97. The van der Waals surface area contributed by atoms with Gasteiger partial charge in [-0.3, -0.25) is 9.59 Å². The molecular formula is C26H29F3N4O6S. The third kappa shape index (κ3) is 11.7.